The smallest absolute Gasteiger partial charge is 0.338 e. The van der Waals surface area contributed by atoms with Crippen molar-refractivity contribution in [2.75, 3.05) is 13.7 Å². The highest BCUT2D eigenvalue weighted by Crippen LogP contribution is 2.37. The maximum atomic E-state index is 14.2. The highest BCUT2D eigenvalue weighted by Gasteiger charge is 2.34. The lowest BCUT2D eigenvalue weighted by atomic mass is 9.95. The summed E-state index contributed by atoms with van der Waals surface area (Å²) in [5.41, 5.74) is 1.84. The molecule has 0 spiro atoms. The minimum atomic E-state index is -0.884. The van der Waals surface area contributed by atoms with Crippen LogP contribution in [-0.2, 0) is 16.1 Å². The second-order valence-corrected chi connectivity index (χ2v) is 12.8. The SMILES string of the molecule is CCOC(=O)C1=C(C)N=c2s/c(=C/c3cc(Cl)cc(Cl)c3OCc3ccc([N+](=O)[O-])cc3)c(=O)n2[C@@H]1c1ccc(OC(C)C)c(OC)c1. The zero-order valence-corrected chi connectivity index (χ0v) is 28.9. The van der Waals surface area contributed by atoms with Gasteiger partial charge in [-0.1, -0.05) is 40.6 Å². The second-order valence-electron chi connectivity index (χ2n) is 10.9. The Labute approximate surface area is 289 Å². The van der Waals surface area contributed by atoms with Crippen molar-refractivity contribution in [3.63, 3.8) is 0 Å². The van der Waals surface area contributed by atoms with Gasteiger partial charge in [0.15, 0.2) is 16.3 Å². The fourth-order valence-electron chi connectivity index (χ4n) is 5.16. The number of allylic oxidation sites excluding steroid dienone is 1. The Bertz CT molecular complexity index is 2110. The fraction of sp³-hybridized carbons (Fsp3) is 0.265. The summed E-state index contributed by atoms with van der Waals surface area (Å²) in [6.07, 6.45) is 1.50. The summed E-state index contributed by atoms with van der Waals surface area (Å²) in [7, 11) is 1.52. The number of hydrogen-bond donors (Lipinski definition) is 0. The number of carbonyl (C=O) groups excluding carboxylic acids is 1. The number of thiazole rings is 1. The number of methoxy groups -OCH3 is 1. The van der Waals surface area contributed by atoms with Crippen LogP contribution in [0.2, 0.25) is 10.0 Å². The van der Waals surface area contributed by atoms with Crippen LogP contribution in [0.25, 0.3) is 6.08 Å². The van der Waals surface area contributed by atoms with E-state index in [4.69, 9.17) is 42.1 Å². The standard InChI is InChI=1S/C34H31Cl2N3O8S/c1-6-45-33(41)29-19(4)37-34-38(30(29)21-9-12-26(47-18(2)3)27(14-21)44-5)32(40)28(48-34)15-22-13-23(35)16-25(36)31(22)46-17-20-7-10-24(11-8-20)39(42)43/h7-16,18,30H,6,17H2,1-5H3/b28-15+/t30-/m1/s1. The lowest BCUT2D eigenvalue weighted by Gasteiger charge is -2.25. The normalized spacial score (nSPS) is 14.4. The van der Waals surface area contributed by atoms with Gasteiger partial charge in [0.2, 0.25) is 0 Å². The Morgan fingerprint density at radius 1 is 1.12 bits per heavy atom. The number of nitro groups is 1. The molecule has 2 heterocycles. The van der Waals surface area contributed by atoms with Crippen molar-refractivity contribution in [1.29, 1.82) is 0 Å². The Balaban J connectivity index is 1.63. The third-order valence-corrected chi connectivity index (χ3v) is 8.72. The van der Waals surface area contributed by atoms with E-state index in [0.717, 1.165) is 11.3 Å². The minimum Gasteiger partial charge on any atom is -0.493 e. The van der Waals surface area contributed by atoms with Gasteiger partial charge in [-0.25, -0.2) is 9.79 Å². The molecule has 250 valence electrons. The first-order valence-electron chi connectivity index (χ1n) is 14.8. The number of non-ortho nitro benzene ring substituents is 1. The average molecular weight is 713 g/mol. The Hall–Kier alpha value is -4.65. The number of aromatic nitrogens is 1. The number of hydrogen-bond acceptors (Lipinski definition) is 10. The third-order valence-electron chi connectivity index (χ3n) is 7.24. The summed E-state index contributed by atoms with van der Waals surface area (Å²) in [5, 5.41) is 11.6. The highest BCUT2D eigenvalue weighted by molar-refractivity contribution is 7.07. The number of esters is 1. The molecule has 14 heteroatoms. The Kier molecular flexibility index (Phi) is 10.6. The molecular weight excluding hydrogens is 681 g/mol. The van der Waals surface area contributed by atoms with E-state index < -0.39 is 22.5 Å². The summed E-state index contributed by atoms with van der Waals surface area (Å²) in [6.45, 7) is 7.38. The molecule has 0 saturated heterocycles. The molecular formula is C34H31Cl2N3O8S. The van der Waals surface area contributed by atoms with E-state index in [-0.39, 0.29) is 45.9 Å². The molecule has 4 aromatic rings. The van der Waals surface area contributed by atoms with Crippen LogP contribution < -0.4 is 29.1 Å². The predicted octanol–water partition coefficient (Wildman–Crippen LogP) is 6.39. The third kappa shape index (κ3) is 7.25. The number of ether oxygens (including phenoxy) is 4. The predicted molar refractivity (Wildman–Crippen MR) is 183 cm³/mol. The lowest BCUT2D eigenvalue weighted by Crippen LogP contribution is -2.40. The lowest BCUT2D eigenvalue weighted by molar-refractivity contribution is -0.384. The summed E-state index contributed by atoms with van der Waals surface area (Å²) >= 11 is 14.1. The molecule has 3 aromatic carbocycles. The largest absolute Gasteiger partial charge is 0.493 e. The molecule has 5 rings (SSSR count). The van der Waals surface area contributed by atoms with Crippen LogP contribution >= 0.6 is 34.5 Å². The number of benzene rings is 3. The molecule has 0 aliphatic carbocycles. The zero-order valence-electron chi connectivity index (χ0n) is 26.6. The molecule has 1 atom stereocenters. The molecule has 48 heavy (non-hydrogen) atoms. The van der Waals surface area contributed by atoms with E-state index in [2.05, 4.69) is 4.99 Å². The van der Waals surface area contributed by atoms with Gasteiger partial charge in [0.25, 0.3) is 11.2 Å². The van der Waals surface area contributed by atoms with E-state index in [1.165, 1.54) is 29.9 Å². The maximum absolute atomic E-state index is 14.2. The van der Waals surface area contributed by atoms with Gasteiger partial charge in [0, 0.05) is 22.7 Å². The molecule has 0 N–H and O–H groups in total. The molecule has 0 bridgehead atoms. The van der Waals surface area contributed by atoms with Gasteiger partial charge in [-0.2, -0.15) is 0 Å². The molecule has 0 unspecified atom stereocenters. The van der Waals surface area contributed by atoms with Gasteiger partial charge in [0.1, 0.15) is 12.4 Å². The number of fused-ring (bicyclic) bond motifs is 1. The molecule has 0 radical (unpaired) electrons. The van der Waals surface area contributed by atoms with Crippen LogP contribution in [0.5, 0.6) is 17.2 Å². The summed E-state index contributed by atoms with van der Waals surface area (Å²) < 4.78 is 24.7. The van der Waals surface area contributed by atoms with E-state index in [0.29, 0.717) is 43.7 Å². The van der Waals surface area contributed by atoms with Gasteiger partial charge in [-0.3, -0.25) is 19.5 Å². The summed E-state index contributed by atoms with van der Waals surface area (Å²) in [6, 6.07) is 13.4. The van der Waals surface area contributed by atoms with Gasteiger partial charge >= 0.3 is 5.97 Å². The van der Waals surface area contributed by atoms with Crippen LogP contribution in [0.1, 0.15) is 50.4 Å². The molecule has 1 aliphatic rings. The van der Waals surface area contributed by atoms with E-state index >= 15 is 0 Å². The number of carbonyl (C=O) groups is 1. The minimum absolute atomic E-state index is 0.0435. The summed E-state index contributed by atoms with van der Waals surface area (Å²) in [5.74, 6) is 0.615. The van der Waals surface area contributed by atoms with Gasteiger partial charge in [-0.15, -0.1) is 0 Å². The van der Waals surface area contributed by atoms with Crippen LogP contribution in [0, 0.1) is 10.1 Å². The second kappa shape index (κ2) is 14.6. The van der Waals surface area contributed by atoms with Gasteiger partial charge in [0.05, 0.1) is 51.6 Å². The van der Waals surface area contributed by atoms with Crippen LogP contribution in [0.15, 0.2) is 75.7 Å². The van der Waals surface area contributed by atoms with Crippen molar-refractivity contribution < 1.29 is 28.7 Å². The van der Waals surface area contributed by atoms with Crippen LogP contribution in [0.3, 0.4) is 0 Å². The fourth-order valence-corrected chi connectivity index (χ4v) is 6.76. The molecule has 0 saturated carbocycles. The first-order valence-corrected chi connectivity index (χ1v) is 16.4. The number of halogens is 2. The van der Waals surface area contributed by atoms with E-state index in [1.54, 1.807) is 56.3 Å². The van der Waals surface area contributed by atoms with Crippen molar-refractivity contribution in [3.8, 4) is 17.2 Å². The Morgan fingerprint density at radius 3 is 2.50 bits per heavy atom. The van der Waals surface area contributed by atoms with E-state index in [1.807, 2.05) is 13.8 Å². The Morgan fingerprint density at radius 2 is 1.85 bits per heavy atom. The highest BCUT2D eigenvalue weighted by atomic mass is 35.5. The van der Waals surface area contributed by atoms with Crippen molar-refractivity contribution in [2.45, 2.75) is 46.4 Å². The molecule has 0 fully saturated rings. The van der Waals surface area contributed by atoms with Crippen molar-refractivity contribution in [1.82, 2.24) is 4.57 Å². The number of nitrogens with zero attached hydrogens (tertiary/aromatic N) is 3. The summed E-state index contributed by atoms with van der Waals surface area (Å²) in [4.78, 5) is 43.1. The molecule has 11 nitrogen and oxygen atoms in total. The first-order chi connectivity index (χ1) is 22.9. The van der Waals surface area contributed by atoms with Crippen molar-refractivity contribution in [2.24, 2.45) is 4.99 Å². The van der Waals surface area contributed by atoms with Crippen molar-refractivity contribution in [3.05, 3.63) is 122 Å². The number of rotatable bonds is 11. The van der Waals surface area contributed by atoms with Crippen LogP contribution in [0.4, 0.5) is 5.69 Å². The average Bonchev–Trinajstić information content (AvgIpc) is 3.33. The maximum Gasteiger partial charge on any atom is 0.338 e. The first kappa shape index (κ1) is 34.7. The molecule has 0 amide bonds. The topological polar surface area (TPSA) is 131 Å². The molecule has 1 aliphatic heterocycles. The molecule has 1 aromatic heterocycles. The van der Waals surface area contributed by atoms with Gasteiger partial charge in [-0.05, 0) is 81.3 Å². The van der Waals surface area contributed by atoms with Crippen LogP contribution in [-0.4, -0.2) is 35.3 Å². The van der Waals surface area contributed by atoms with Gasteiger partial charge < -0.3 is 18.9 Å². The number of nitro benzene ring substituents is 1. The van der Waals surface area contributed by atoms with E-state index in [9.17, 15) is 19.7 Å². The monoisotopic (exact) mass is 711 g/mol. The van der Waals surface area contributed by atoms with Crippen molar-refractivity contribution >= 4 is 52.3 Å². The zero-order chi connectivity index (χ0) is 34.7. The quantitative estimate of drug-likeness (QED) is 0.0994.